The Bertz CT molecular complexity index is 1320. The number of carbonyl (C=O) groups is 1. The van der Waals surface area contributed by atoms with Crippen LogP contribution < -0.4 is 14.2 Å². The number of hydrogen-bond donors (Lipinski definition) is 0. The van der Waals surface area contributed by atoms with Gasteiger partial charge in [-0.05, 0) is 74.6 Å². The fourth-order valence-corrected chi connectivity index (χ4v) is 4.52. The smallest absolute Gasteiger partial charge is 0.481 e. The largest absolute Gasteiger partial charge is 0.586 e. The molecule has 0 amide bonds. The number of pyridine rings is 2. The number of halogens is 2. The summed E-state index contributed by atoms with van der Waals surface area (Å²) in [6.45, 7) is 5.90. The maximum atomic E-state index is 13.4. The highest BCUT2D eigenvalue weighted by Crippen LogP contribution is 2.52. The third kappa shape index (κ3) is 3.77. The zero-order chi connectivity index (χ0) is 24.3. The van der Waals surface area contributed by atoms with Crippen molar-refractivity contribution < 1.29 is 27.8 Å². The molecule has 0 N–H and O–H groups in total. The molecule has 0 saturated heterocycles. The summed E-state index contributed by atoms with van der Waals surface area (Å²) in [5, 5.41) is 0. The molecule has 5 rings (SSSR count). The molecule has 1 aromatic carbocycles. The molecule has 3 heterocycles. The summed E-state index contributed by atoms with van der Waals surface area (Å²) in [5.41, 5.74) is 5.17. The highest BCUT2D eigenvalue weighted by Gasteiger charge is 2.52. The molecule has 0 spiro atoms. The maximum Gasteiger partial charge on any atom is 0.586 e. The van der Waals surface area contributed by atoms with E-state index in [2.05, 4.69) is 14.5 Å². The highest BCUT2D eigenvalue weighted by molar-refractivity contribution is 5.94. The van der Waals surface area contributed by atoms with E-state index in [0.717, 1.165) is 27.9 Å². The predicted molar refractivity (Wildman–Crippen MR) is 120 cm³/mol. The normalized spacial score (nSPS) is 16.9. The van der Waals surface area contributed by atoms with Gasteiger partial charge in [0.05, 0.1) is 18.2 Å². The quantitative estimate of drug-likeness (QED) is 0.495. The Labute approximate surface area is 195 Å². The fourth-order valence-electron chi connectivity index (χ4n) is 4.52. The van der Waals surface area contributed by atoms with Gasteiger partial charge in [0.25, 0.3) is 0 Å². The van der Waals surface area contributed by atoms with Gasteiger partial charge in [0.2, 0.25) is 5.88 Å². The Hall–Kier alpha value is -3.55. The van der Waals surface area contributed by atoms with Crippen LogP contribution in [-0.4, -0.2) is 29.2 Å². The summed E-state index contributed by atoms with van der Waals surface area (Å²) in [6, 6.07) is 8.49. The van der Waals surface area contributed by atoms with E-state index >= 15 is 0 Å². The summed E-state index contributed by atoms with van der Waals surface area (Å²) in [5.74, 6) is 0.488. The summed E-state index contributed by atoms with van der Waals surface area (Å²) in [4.78, 5) is 22.6. The first-order valence-corrected chi connectivity index (χ1v) is 11.0. The van der Waals surface area contributed by atoms with Gasteiger partial charge in [-0.15, -0.1) is 8.78 Å². The summed E-state index contributed by atoms with van der Waals surface area (Å²) >= 11 is 0. The summed E-state index contributed by atoms with van der Waals surface area (Å²) < 4.78 is 41.1. The lowest BCUT2D eigenvalue weighted by atomic mass is 9.88. The average Bonchev–Trinajstić information content (AvgIpc) is 3.53. The van der Waals surface area contributed by atoms with Crippen LogP contribution in [0.1, 0.15) is 40.8 Å². The molecule has 0 radical (unpaired) electrons. The van der Waals surface area contributed by atoms with E-state index in [9.17, 15) is 13.6 Å². The Kier molecular flexibility index (Phi) is 5.07. The predicted octanol–water partition coefficient (Wildman–Crippen LogP) is 5.24. The minimum atomic E-state index is -3.68. The van der Waals surface area contributed by atoms with Crippen molar-refractivity contribution in [3.05, 3.63) is 64.5 Å². The topological polar surface area (TPSA) is 70.5 Å². The molecule has 0 atom stereocenters. The molecular weight excluding hydrogens is 442 g/mol. The van der Waals surface area contributed by atoms with Gasteiger partial charge >= 0.3 is 6.29 Å². The van der Waals surface area contributed by atoms with Crippen LogP contribution in [0, 0.1) is 20.8 Å². The second kappa shape index (κ2) is 7.75. The molecule has 2 aliphatic rings. The van der Waals surface area contributed by atoms with Crippen molar-refractivity contribution in [2.24, 2.45) is 0 Å². The highest BCUT2D eigenvalue weighted by atomic mass is 19.3. The minimum absolute atomic E-state index is 0.00358. The number of ether oxygens (including phenoxy) is 3. The number of nitrogens with zero attached hydrogens (tertiary/aromatic N) is 2. The number of aryl methyl sites for hydroxylation is 2. The van der Waals surface area contributed by atoms with Crippen LogP contribution >= 0.6 is 0 Å². The number of rotatable bonds is 6. The number of ketones is 1. The van der Waals surface area contributed by atoms with Crippen molar-refractivity contribution in [1.82, 2.24) is 9.97 Å². The molecule has 0 bridgehead atoms. The van der Waals surface area contributed by atoms with Gasteiger partial charge < -0.3 is 14.2 Å². The van der Waals surface area contributed by atoms with Gasteiger partial charge in [0, 0.05) is 29.4 Å². The number of hydrogen-bond acceptors (Lipinski definition) is 6. The number of benzene rings is 1. The molecule has 1 aliphatic carbocycles. The standard InChI is InChI=1S/C26H24F2N2O4/c1-14-10-19(30-23(16(14)3)17-9-15(2)24(32-4)29-13-17)12-22(31)25(7-8-25)18-5-6-20-21(11-18)34-26(27,28)33-20/h5-6,9-11,13H,7-8,12H2,1-4H3. The van der Waals surface area contributed by atoms with Crippen molar-refractivity contribution in [3.63, 3.8) is 0 Å². The van der Waals surface area contributed by atoms with Gasteiger partial charge in [-0.3, -0.25) is 9.78 Å². The van der Waals surface area contributed by atoms with Crippen molar-refractivity contribution in [2.45, 2.75) is 51.7 Å². The van der Waals surface area contributed by atoms with E-state index in [1.165, 1.54) is 12.1 Å². The molecule has 8 heteroatoms. The molecule has 0 unspecified atom stereocenters. The lowest BCUT2D eigenvalue weighted by Gasteiger charge is -2.17. The third-order valence-corrected chi connectivity index (χ3v) is 6.66. The second-order valence-electron chi connectivity index (χ2n) is 8.97. The molecule has 34 heavy (non-hydrogen) atoms. The van der Waals surface area contributed by atoms with Crippen molar-refractivity contribution >= 4 is 5.78 Å². The van der Waals surface area contributed by atoms with Crippen LogP contribution in [0.4, 0.5) is 8.78 Å². The van der Waals surface area contributed by atoms with Crippen LogP contribution in [0.5, 0.6) is 17.4 Å². The van der Waals surface area contributed by atoms with Gasteiger partial charge in [0.1, 0.15) is 5.78 Å². The fraction of sp³-hybridized carbons (Fsp3) is 0.346. The molecule has 6 nitrogen and oxygen atoms in total. The van der Waals surface area contributed by atoms with E-state index in [0.29, 0.717) is 30.0 Å². The molecule has 176 valence electrons. The van der Waals surface area contributed by atoms with E-state index in [1.807, 2.05) is 32.9 Å². The van der Waals surface area contributed by atoms with E-state index in [4.69, 9.17) is 9.72 Å². The lowest BCUT2D eigenvalue weighted by Crippen LogP contribution is -2.26. The average molecular weight is 466 g/mol. The summed E-state index contributed by atoms with van der Waals surface area (Å²) in [6.07, 6.45) is -0.517. The zero-order valence-corrected chi connectivity index (χ0v) is 19.4. The van der Waals surface area contributed by atoms with E-state index < -0.39 is 11.7 Å². The van der Waals surface area contributed by atoms with Crippen LogP contribution in [0.15, 0.2) is 36.5 Å². The van der Waals surface area contributed by atoms with E-state index in [1.54, 1.807) is 19.4 Å². The Balaban J connectivity index is 1.43. The first-order chi connectivity index (χ1) is 16.1. The van der Waals surface area contributed by atoms with Gasteiger partial charge in [-0.2, -0.15) is 0 Å². The number of alkyl halides is 2. The number of carbonyl (C=O) groups excluding carboxylic acids is 1. The van der Waals surface area contributed by atoms with Crippen molar-refractivity contribution in [1.29, 1.82) is 0 Å². The first-order valence-electron chi connectivity index (χ1n) is 11.0. The number of methoxy groups -OCH3 is 1. The number of aromatic nitrogens is 2. The monoisotopic (exact) mass is 466 g/mol. The summed E-state index contributed by atoms with van der Waals surface area (Å²) in [7, 11) is 1.58. The second-order valence-corrected chi connectivity index (χ2v) is 8.97. The Morgan fingerprint density at radius 3 is 2.47 bits per heavy atom. The van der Waals surface area contributed by atoms with Crippen molar-refractivity contribution in [2.75, 3.05) is 7.11 Å². The number of fused-ring (bicyclic) bond motifs is 1. The minimum Gasteiger partial charge on any atom is -0.481 e. The SMILES string of the molecule is COc1ncc(-c2nc(CC(=O)C3(c4ccc5c(c4)OC(F)(F)O5)CC3)cc(C)c2C)cc1C. The third-order valence-electron chi connectivity index (χ3n) is 6.66. The van der Waals surface area contributed by atoms with Gasteiger partial charge in [-0.25, -0.2) is 4.98 Å². The van der Waals surface area contributed by atoms with Crippen LogP contribution in [0.3, 0.4) is 0 Å². The van der Waals surface area contributed by atoms with Gasteiger partial charge in [-0.1, -0.05) is 6.07 Å². The van der Waals surface area contributed by atoms with Crippen LogP contribution in [0.25, 0.3) is 11.3 Å². The molecular formula is C26H24F2N2O4. The molecule has 1 saturated carbocycles. The van der Waals surface area contributed by atoms with Crippen LogP contribution in [-0.2, 0) is 16.6 Å². The van der Waals surface area contributed by atoms with E-state index in [-0.39, 0.29) is 23.7 Å². The number of Topliss-reactive ketones (excluding diaryl/α,β-unsaturated/α-hetero) is 1. The molecule has 2 aromatic heterocycles. The van der Waals surface area contributed by atoms with Gasteiger partial charge in [0.15, 0.2) is 11.5 Å². The first kappa shape index (κ1) is 22.3. The Morgan fingerprint density at radius 1 is 1.06 bits per heavy atom. The molecule has 1 fully saturated rings. The maximum absolute atomic E-state index is 13.4. The van der Waals surface area contributed by atoms with Crippen molar-refractivity contribution in [3.8, 4) is 28.6 Å². The molecule has 3 aromatic rings. The zero-order valence-electron chi connectivity index (χ0n) is 19.4. The lowest BCUT2D eigenvalue weighted by molar-refractivity contribution is -0.286. The Morgan fingerprint density at radius 2 is 1.79 bits per heavy atom. The van der Waals surface area contributed by atoms with Crippen LogP contribution in [0.2, 0.25) is 0 Å². The molecule has 1 aliphatic heterocycles.